The molecule has 1 aliphatic rings. The molecule has 22 heavy (non-hydrogen) atoms. The molecule has 0 radical (unpaired) electrons. The first-order valence-electron chi connectivity index (χ1n) is 7.64. The molecule has 2 aromatic rings. The van der Waals surface area contributed by atoms with Gasteiger partial charge in [-0.1, -0.05) is 0 Å². The molecule has 0 bridgehead atoms. The normalized spacial score (nSPS) is 17.6. The van der Waals surface area contributed by atoms with Crippen molar-refractivity contribution >= 4 is 16.8 Å². The summed E-state index contributed by atoms with van der Waals surface area (Å²) in [6.45, 7) is 3.57. The number of nitrogens with zero attached hydrogens (tertiary/aromatic N) is 1. The number of pyridine rings is 1. The highest BCUT2D eigenvalue weighted by atomic mass is 16.5. The summed E-state index contributed by atoms with van der Waals surface area (Å²) in [4.78, 5) is 16.9. The van der Waals surface area contributed by atoms with Crippen molar-refractivity contribution in [3.05, 3.63) is 35.5 Å². The van der Waals surface area contributed by atoms with Crippen LogP contribution >= 0.6 is 0 Å². The minimum atomic E-state index is -0.0589. The van der Waals surface area contributed by atoms with Gasteiger partial charge in [0.05, 0.1) is 23.9 Å². The lowest BCUT2D eigenvalue weighted by Crippen LogP contribution is -2.37. The number of carbonyl (C=O) groups excluding carboxylic acids is 1. The highest BCUT2D eigenvalue weighted by molar-refractivity contribution is 5.98. The van der Waals surface area contributed by atoms with Crippen LogP contribution in [0.5, 0.6) is 5.75 Å². The van der Waals surface area contributed by atoms with Gasteiger partial charge in [0.1, 0.15) is 5.75 Å². The fourth-order valence-corrected chi connectivity index (χ4v) is 2.84. The van der Waals surface area contributed by atoms with Gasteiger partial charge in [0.2, 0.25) is 0 Å². The number of methoxy groups -OCH3 is 1. The average molecular weight is 299 g/mol. The van der Waals surface area contributed by atoms with E-state index in [1.165, 1.54) is 6.42 Å². The predicted octanol–water partition coefficient (Wildman–Crippen LogP) is 2.03. The number of amides is 1. The van der Waals surface area contributed by atoms with Crippen molar-refractivity contribution in [2.45, 2.75) is 25.8 Å². The average Bonchev–Trinajstić information content (AvgIpc) is 3.04. The van der Waals surface area contributed by atoms with Crippen LogP contribution in [-0.2, 0) is 0 Å². The number of carbonyl (C=O) groups is 1. The number of hydrogen-bond donors (Lipinski definition) is 2. The molecule has 1 amide bonds. The zero-order chi connectivity index (χ0) is 15.5. The lowest BCUT2D eigenvalue weighted by atomic mass is 10.1. The second-order valence-electron chi connectivity index (χ2n) is 5.68. The first-order chi connectivity index (χ1) is 10.7. The van der Waals surface area contributed by atoms with Gasteiger partial charge in [0.25, 0.3) is 5.91 Å². The molecule has 116 valence electrons. The molecular weight excluding hydrogens is 278 g/mol. The molecule has 2 heterocycles. The fraction of sp³-hybridized carbons (Fsp3) is 0.412. The molecule has 5 nitrogen and oxygen atoms in total. The van der Waals surface area contributed by atoms with Gasteiger partial charge < -0.3 is 15.4 Å². The van der Waals surface area contributed by atoms with Gasteiger partial charge in [0.15, 0.2) is 0 Å². The summed E-state index contributed by atoms with van der Waals surface area (Å²) in [6.07, 6.45) is 2.30. The van der Waals surface area contributed by atoms with E-state index in [-0.39, 0.29) is 5.91 Å². The smallest absolute Gasteiger partial charge is 0.253 e. The number of hydrogen-bond acceptors (Lipinski definition) is 4. The van der Waals surface area contributed by atoms with E-state index in [1.807, 2.05) is 31.2 Å². The van der Waals surface area contributed by atoms with E-state index < -0.39 is 0 Å². The van der Waals surface area contributed by atoms with Crippen molar-refractivity contribution in [3.63, 3.8) is 0 Å². The fourth-order valence-electron chi connectivity index (χ4n) is 2.84. The van der Waals surface area contributed by atoms with Crippen LogP contribution in [-0.4, -0.2) is 37.1 Å². The van der Waals surface area contributed by atoms with E-state index >= 15 is 0 Å². The SMILES string of the molecule is COc1ccc2cc(C(=O)NCC3CCCN3)c(C)nc2c1. The molecule has 2 N–H and O–H groups in total. The number of nitrogens with one attached hydrogen (secondary N) is 2. The van der Waals surface area contributed by atoms with E-state index in [0.717, 1.165) is 35.3 Å². The molecule has 1 aromatic heterocycles. The minimum Gasteiger partial charge on any atom is -0.497 e. The van der Waals surface area contributed by atoms with Crippen molar-refractivity contribution in [3.8, 4) is 5.75 Å². The lowest BCUT2D eigenvalue weighted by molar-refractivity contribution is 0.0949. The summed E-state index contributed by atoms with van der Waals surface area (Å²) in [5, 5.41) is 7.32. The Bertz CT molecular complexity index is 694. The number of benzene rings is 1. The highest BCUT2D eigenvalue weighted by Gasteiger charge is 2.17. The van der Waals surface area contributed by atoms with Gasteiger partial charge in [-0.05, 0) is 44.5 Å². The van der Waals surface area contributed by atoms with Crippen molar-refractivity contribution in [1.82, 2.24) is 15.6 Å². The number of aromatic nitrogens is 1. The Labute approximate surface area is 130 Å². The monoisotopic (exact) mass is 299 g/mol. The summed E-state index contributed by atoms with van der Waals surface area (Å²) >= 11 is 0. The number of fused-ring (bicyclic) bond motifs is 1. The maximum atomic E-state index is 12.4. The van der Waals surface area contributed by atoms with E-state index in [0.29, 0.717) is 18.2 Å². The minimum absolute atomic E-state index is 0.0589. The first-order valence-corrected chi connectivity index (χ1v) is 7.64. The van der Waals surface area contributed by atoms with Crippen LogP contribution in [0.1, 0.15) is 28.9 Å². The van der Waals surface area contributed by atoms with E-state index in [1.54, 1.807) is 7.11 Å². The topological polar surface area (TPSA) is 63.2 Å². The molecule has 1 fully saturated rings. The highest BCUT2D eigenvalue weighted by Crippen LogP contribution is 2.21. The van der Waals surface area contributed by atoms with Gasteiger partial charge >= 0.3 is 0 Å². The van der Waals surface area contributed by atoms with Crippen LogP contribution in [0.15, 0.2) is 24.3 Å². The summed E-state index contributed by atoms with van der Waals surface area (Å²) < 4.78 is 5.21. The van der Waals surface area contributed by atoms with Crippen LogP contribution in [0.2, 0.25) is 0 Å². The maximum absolute atomic E-state index is 12.4. The largest absolute Gasteiger partial charge is 0.497 e. The molecule has 0 saturated carbocycles. The summed E-state index contributed by atoms with van der Waals surface area (Å²) in [6, 6.07) is 7.97. The first kappa shape index (κ1) is 14.8. The molecule has 1 saturated heterocycles. The van der Waals surface area contributed by atoms with Crippen LogP contribution in [0, 0.1) is 6.92 Å². The standard InChI is InChI=1S/C17H21N3O2/c1-11-15(17(21)19-10-13-4-3-7-18-13)8-12-5-6-14(22-2)9-16(12)20-11/h5-6,8-9,13,18H,3-4,7,10H2,1-2H3,(H,19,21). The Hall–Kier alpha value is -2.14. The molecule has 0 spiro atoms. The third-order valence-electron chi connectivity index (χ3n) is 4.13. The van der Waals surface area contributed by atoms with Gasteiger partial charge in [-0.25, -0.2) is 0 Å². The van der Waals surface area contributed by atoms with Crippen LogP contribution in [0.25, 0.3) is 10.9 Å². The zero-order valence-corrected chi connectivity index (χ0v) is 13.0. The van der Waals surface area contributed by atoms with Crippen LogP contribution < -0.4 is 15.4 Å². The number of aryl methyl sites for hydroxylation is 1. The Morgan fingerprint density at radius 1 is 1.45 bits per heavy atom. The van der Waals surface area contributed by atoms with Crippen LogP contribution in [0.4, 0.5) is 0 Å². The van der Waals surface area contributed by atoms with Crippen molar-refractivity contribution < 1.29 is 9.53 Å². The summed E-state index contributed by atoms with van der Waals surface area (Å²) in [5.41, 5.74) is 2.21. The molecule has 1 unspecified atom stereocenters. The van der Waals surface area contributed by atoms with E-state index in [2.05, 4.69) is 15.6 Å². The predicted molar refractivity (Wildman–Crippen MR) is 86.4 cm³/mol. The maximum Gasteiger partial charge on any atom is 0.253 e. The van der Waals surface area contributed by atoms with Gasteiger partial charge in [-0.15, -0.1) is 0 Å². The van der Waals surface area contributed by atoms with Crippen molar-refractivity contribution in [1.29, 1.82) is 0 Å². The van der Waals surface area contributed by atoms with Gasteiger partial charge in [-0.3, -0.25) is 9.78 Å². The molecule has 0 aliphatic carbocycles. The van der Waals surface area contributed by atoms with Gasteiger partial charge in [0, 0.05) is 24.0 Å². The molecule has 1 atom stereocenters. The molecular formula is C17H21N3O2. The summed E-state index contributed by atoms with van der Waals surface area (Å²) in [5.74, 6) is 0.709. The molecule has 1 aliphatic heterocycles. The van der Waals surface area contributed by atoms with Crippen molar-refractivity contribution in [2.24, 2.45) is 0 Å². The summed E-state index contributed by atoms with van der Waals surface area (Å²) in [7, 11) is 1.63. The third kappa shape index (κ3) is 3.04. The quantitative estimate of drug-likeness (QED) is 0.907. The second kappa shape index (κ2) is 6.32. The molecule has 5 heteroatoms. The molecule has 3 rings (SSSR count). The number of rotatable bonds is 4. The Balaban J connectivity index is 1.80. The van der Waals surface area contributed by atoms with E-state index in [4.69, 9.17) is 4.74 Å². The van der Waals surface area contributed by atoms with Crippen molar-refractivity contribution in [2.75, 3.05) is 20.2 Å². The Morgan fingerprint density at radius 3 is 3.05 bits per heavy atom. The Kier molecular flexibility index (Phi) is 4.24. The van der Waals surface area contributed by atoms with E-state index in [9.17, 15) is 4.79 Å². The zero-order valence-electron chi connectivity index (χ0n) is 13.0. The Morgan fingerprint density at radius 2 is 2.32 bits per heavy atom. The molecule has 1 aromatic carbocycles. The third-order valence-corrected chi connectivity index (χ3v) is 4.13. The van der Waals surface area contributed by atoms with Crippen LogP contribution in [0.3, 0.4) is 0 Å². The second-order valence-corrected chi connectivity index (χ2v) is 5.68. The number of ether oxygens (including phenoxy) is 1. The lowest BCUT2D eigenvalue weighted by Gasteiger charge is -2.13. The van der Waals surface area contributed by atoms with Gasteiger partial charge in [-0.2, -0.15) is 0 Å².